The number of guanidine groups is 1. The molecule has 1 heterocycles. The van der Waals surface area contributed by atoms with Gasteiger partial charge in [0.15, 0.2) is 5.96 Å². The Kier molecular flexibility index (Phi) is 11.7. The molecule has 0 aromatic heterocycles. The van der Waals surface area contributed by atoms with E-state index in [1.165, 1.54) is 0 Å². The number of aliphatic carboxylic acids is 1. The maximum atomic E-state index is 12.1. The van der Waals surface area contributed by atoms with Gasteiger partial charge >= 0.3 is 18.1 Å². The molecule has 1 saturated heterocycles. The summed E-state index contributed by atoms with van der Waals surface area (Å²) in [7, 11) is 0. The normalized spacial score (nSPS) is 14.3. The molecule has 39 heavy (non-hydrogen) atoms. The number of nitrogens with zero attached hydrogens (tertiary/aromatic N) is 3. The number of alkyl halides is 3. The molecule has 3 rings (SSSR count). The minimum atomic E-state index is -5.08. The number of aliphatic imine (C=N–C) groups is 1. The van der Waals surface area contributed by atoms with E-state index in [2.05, 4.69) is 20.4 Å². The van der Waals surface area contributed by atoms with Gasteiger partial charge in [0.25, 0.3) is 0 Å². The van der Waals surface area contributed by atoms with Crippen molar-refractivity contribution in [2.75, 3.05) is 38.0 Å². The van der Waals surface area contributed by atoms with Gasteiger partial charge in [0.1, 0.15) is 0 Å². The molecular weight excluding hydrogens is 519 g/mol. The number of aromatic carboxylic acids is 1. The molecule has 0 atom stereocenters. The molecule has 1 aliphatic heterocycles. The van der Waals surface area contributed by atoms with Crippen LogP contribution >= 0.6 is 0 Å². The van der Waals surface area contributed by atoms with Gasteiger partial charge < -0.3 is 25.7 Å². The predicted molar refractivity (Wildman–Crippen MR) is 140 cm³/mol. The lowest BCUT2D eigenvalue weighted by Crippen LogP contribution is -2.53. The number of benzene rings is 2. The highest BCUT2D eigenvalue weighted by Crippen LogP contribution is 2.14. The minimum absolute atomic E-state index is 0.0371. The fourth-order valence-electron chi connectivity index (χ4n) is 3.52. The Balaban J connectivity index is 0.000000673. The van der Waals surface area contributed by atoms with Crippen molar-refractivity contribution in [3.05, 3.63) is 65.7 Å². The van der Waals surface area contributed by atoms with Crippen LogP contribution in [0.5, 0.6) is 0 Å². The highest BCUT2D eigenvalue weighted by molar-refractivity contribution is 5.96. The van der Waals surface area contributed by atoms with Gasteiger partial charge in [-0.05, 0) is 37.6 Å². The lowest BCUT2D eigenvalue weighted by atomic mass is 10.2. The maximum absolute atomic E-state index is 12.1. The fraction of sp³-hybridized carbons (Fsp3) is 0.385. The first-order valence-corrected chi connectivity index (χ1v) is 12.1. The number of rotatable bonds is 7. The number of piperazine rings is 1. The molecule has 10 nitrogen and oxygen atoms in total. The van der Waals surface area contributed by atoms with Gasteiger partial charge in [-0.3, -0.25) is 9.69 Å². The number of carbonyl (C=O) groups excluding carboxylic acids is 1. The predicted octanol–water partition coefficient (Wildman–Crippen LogP) is 3.13. The summed E-state index contributed by atoms with van der Waals surface area (Å²) in [5, 5.41) is 22.7. The number of nitrogens with one attached hydrogen (secondary N) is 2. The van der Waals surface area contributed by atoms with E-state index in [0.717, 1.165) is 18.7 Å². The second-order valence-corrected chi connectivity index (χ2v) is 8.92. The zero-order chi connectivity index (χ0) is 29.0. The lowest BCUT2D eigenvalue weighted by Gasteiger charge is -2.36. The van der Waals surface area contributed by atoms with Crippen LogP contribution in [0.1, 0.15) is 29.8 Å². The third-order valence-electron chi connectivity index (χ3n) is 5.35. The van der Waals surface area contributed by atoms with Gasteiger partial charge in [-0.2, -0.15) is 13.2 Å². The second kappa shape index (κ2) is 14.7. The summed E-state index contributed by atoms with van der Waals surface area (Å²) in [6.07, 6.45) is -5.08. The molecule has 0 bridgehead atoms. The van der Waals surface area contributed by atoms with Gasteiger partial charge in [-0.15, -0.1) is 0 Å². The van der Waals surface area contributed by atoms with Crippen LogP contribution in [0.25, 0.3) is 0 Å². The van der Waals surface area contributed by atoms with E-state index in [0.29, 0.717) is 37.8 Å². The van der Waals surface area contributed by atoms with Gasteiger partial charge in [-0.1, -0.05) is 36.4 Å². The van der Waals surface area contributed by atoms with E-state index in [4.69, 9.17) is 14.9 Å². The monoisotopic (exact) mass is 551 g/mol. The summed E-state index contributed by atoms with van der Waals surface area (Å²) in [4.78, 5) is 41.4. The first-order chi connectivity index (χ1) is 18.3. The SMILES string of the molecule is CC(C)NC(=O)CN1CCN(C(=NCc2ccccc2)Nc2cccc(C(=O)O)c2)CC1.O=C(O)C(F)(F)F. The highest BCUT2D eigenvalue weighted by atomic mass is 19.4. The number of carbonyl (C=O) groups is 3. The standard InChI is InChI=1S/C24H31N5O3.C2HF3O2/c1-18(2)26-22(30)17-28-11-13-29(14-12-28)24(25-16-19-7-4-3-5-8-19)27-21-10-6-9-20(15-21)23(31)32;3-2(4,5)1(6)7/h3-10,15,18H,11-14,16-17H2,1-2H3,(H,25,27)(H,26,30)(H,31,32);(H,6,7). The van der Waals surface area contributed by atoms with Crippen LogP contribution in [0.2, 0.25) is 0 Å². The van der Waals surface area contributed by atoms with Crippen molar-refractivity contribution < 1.29 is 37.8 Å². The molecule has 1 fully saturated rings. The number of carboxylic acid groups (broad SMARTS) is 2. The van der Waals surface area contributed by atoms with Crippen molar-refractivity contribution in [1.29, 1.82) is 0 Å². The molecule has 1 aliphatic rings. The lowest BCUT2D eigenvalue weighted by molar-refractivity contribution is -0.192. The summed E-state index contributed by atoms with van der Waals surface area (Å²) in [5.74, 6) is -2.99. The average Bonchev–Trinajstić information content (AvgIpc) is 2.87. The van der Waals surface area contributed by atoms with E-state index < -0.39 is 18.1 Å². The number of halogens is 3. The maximum Gasteiger partial charge on any atom is 0.490 e. The van der Waals surface area contributed by atoms with Crippen molar-refractivity contribution in [3.8, 4) is 0 Å². The summed E-state index contributed by atoms with van der Waals surface area (Å²) in [6, 6.07) is 16.8. The zero-order valence-corrected chi connectivity index (χ0v) is 21.6. The topological polar surface area (TPSA) is 135 Å². The molecule has 212 valence electrons. The molecule has 0 radical (unpaired) electrons. The van der Waals surface area contributed by atoms with Crippen LogP contribution < -0.4 is 10.6 Å². The van der Waals surface area contributed by atoms with Crippen molar-refractivity contribution in [2.45, 2.75) is 32.6 Å². The molecule has 13 heteroatoms. The third kappa shape index (κ3) is 11.4. The van der Waals surface area contributed by atoms with Gasteiger partial charge in [0.05, 0.1) is 18.7 Å². The Hall–Kier alpha value is -4.13. The van der Waals surface area contributed by atoms with E-state index >= 15 is 0 Å². The zero-order valence-electron chi connectivity index (χ0n) is 21.6. The van der Waals surface area contributed by atoms with Gasteiger partial charge in [-0.25, -0.2) is 14.6 Å². The van der Waals surface area contributed by atoms with Crippen LogP contribution in [0.4, 0.5) is 18.9 Å². The van der Waals surface area contributed by atoms with Crippen LogP contribution in [0.15, 0.2) is 59.6 Å². The Morgan fingerprint density at radius 1 is 0.974 bits per heavy atom. The molecule has 0 unspecified atom stereocenters. The van der Waals surface area contributed by atoms with Crippen LogP contribution in [0.3, 0.4) is 0 Å². The quantitative estimate of drug-likeness (QED) is 0.305. The average molecular weight is 552 g/mol. The third-order valence-corrected chi connectivity index (χ3v) is 5.35. The Morgan fingerprint density at radius 3 is 2.13 bits per heavy atom. The van der Waals surface area contributed by atoms with Crippen LogP contribution in [-0.4, -0.2) is 88.8 Å². The first-order valence-electron chi connectivity index (χ1n) is 12.1. The number of anilines is 1. The van der Waals surface area contributed by atoms with E-state index in [1.807, 2.05) is 50.2 Å². The van der Waals surface area contributed by atoms with Crippen molar-refractivity contribution in [1.82, 2.24) is 15.1 Å². The molecule has 1 amide bonds. The number of amides is 1. The van der Waals surface area contributed by atoms with E-state index in [1.54, 1.807) is 18.2 Å². The molecule has 2 aromatic carbocycles. The van der Waals surface area contributed by atoms with Gasteiger partial charge in [0, 0.05) is 37.9 Å². The molecular formula is C26H32F3N5O5. The van der Waals surface area contributed by atoms with E-state index in [-0.39, 0.29) is 17.5 Å². The summed E-state index contributed by atoms with van der Waals surface area (Å²) >= 11 is 0. The Labute approximate surface area is 224 Å². The van der Waals surface area contributed by atoms with Crippen LogP contribution in [0, 0.1) is 0 Å². The highest BCUT2D eigenvalue weighted by Gasteiger charge is 2.38. The molecule has 4 N–H and O–H groups in total. The first kappa shape index (κ1) is 31.1. The molecule has 0 saturated carbocycles. The molecule has 0 spiro atoms. The van der Waals surface area contributed by atoms with E-state index in [9.17, 15) is 27.9 Å². The summed E-state index contributed by atoms with van der Waals surface area (Å²) in [6.45, 7) is 7.73. The number of hydrogen-bond donors (Lipinski definition) is 4. The Bertz CT molecular complexity index is 1130. The minimum Gasteiger partial charge on any atom is -0.478 e. The summed E-state index contributed by atoms with van der Waals surface area (Å²) < 4.78 is 31.7. The smallest absolute Gasteiger partial charge is 0.478 e. The molecule has 2 aromatic rings. The largest absolute Gasteiger partial charge is 0.490 e. The molecule has 0 aliphatic carbocycles. The number of carboxylic acids is 2. The summed E-state index contributed by atoms with van der Waals surface area (Å²) in [5.41, 5.74) is 1.99. The Morgan fingerprint density at radius 2 is 1.59 bits per heavy atom. The van der Waals surface area contributed by atoms with Crippen molar-refractivity contribution in [2.24, 2.45) is 4.99 Å². The number of hydrogen-bond acceptors (Lipinski definition) is 5. The van der Waals surface area contributed by atoms with Crippen molar-refractivity contribution in [3.63, 3.8) is 0 Å². The van der Waals surface area contributed by atoms with Crippen molar-refractivity contribution >= 4 is 29.5 Å². The van der Waals surface area contributed by atoms with Gasteiger partial charge in [0.2, 0.25) is 5.91 Å². The second-order valence-electron chi connectivity index (χ2n) is 8.92. The van der Waals surface area contributed by atoms with Crippen LogP contribution in [-0.2, 0) is 16.1 Å². The fourth-order valence-corrected chi connectivity index (χ4v) is 3.52.